The van der Waals surface area contributed by atoms with Crippen LogP contribution in [0.2, 0.25) is 0 Å². The molecule has 5 nitrogen and oxygen atoms in total. The molecule has 21 heavy (non-hydrogen) atoms. The van der Waals surface area contributed by atoms with Crippen LogP contribution < -0.4 is 15.2 Å². The maximum atomic E-state index is 5.74. The molecular formula is C15H24BrNO4. The maximum Gasteiger partial charge on any atom is 0.175 e. The molecule has 2 N–H and O–H groups in total. The fraction of sp³-hybridized carbons (Fsp3) is 0.600. The average Bonchev–Trinajstić information content (AvgIpc) is 2.48. The number of methoxy groups -OCH3 is 2. The molecule has 0 atom stereocenters. The highest BCUT2D eigenvalue weighted by atomic mass is 79.9. The predicted octanol–water partition coefficient (Wildman–Crippen LogP) is 2.39. The third-order valence-corrected chi connectivity index (χ3v) is 3.42. The van der Waals surface area contributed by atoms with E-state index in [1.807, 2.05) is 12.1 Å². The van der Waals surface area contributed by atoms with Crippen LogP contribution in [0.5, 0.6) is 11.5 Å². The van der Waals surface area contributed by atoms with Gasteiger partial charge in [-0.2, -0.15) is 0 Å². The number of ether oxygens (including phenoxy) is 4. The van der Waals surface area contributed by atoms with E-state index >= 15 is 0 Å². The van der Waals surface area contributed by atoms with E-state index in [1.54, 1.807) is 14.2 Å². The molecule has 0 amide bonds. The lowest BCUT2D eigenvalue weighted by atomic mass is 10.1. The minimum absolute atomic E-state index is 0.470. The van der Waals surface area contributed by atoms with Gasteiger partial charge in [0.1, 0.15) is 6.61 Å². The van der Waals surface area contributed by atoms with Gasteiger partial charge in [0.2, 0.25) is 0 Å². The summed E-state index contributed by atoms with van der Waals surface area (Å²) in [5, 5.41) is 0. The van der Waals surface area contributed by atoms with Crippen LogP contribution in [0.3, 0.4) is 0 Å². The molecule has 0 fully saturated rings. The van der Waals surface area contributed by atoms with E-state index in [0.29, 0.717) is 44.5 Å². The summed E-state index contributed by atoms with van der Waals surface area (Å²) in [6.45, 7) is 2.99. The van der Waals surface area contributed by atoms with Crippen LogP contribution in [0.1, 0.15) is 12.0 Å². The van der Waals surface area contributed by atoms with E-state index in [9.17, 15) is 0 Å². The smallest absolute Gasteiger partial charge is 0.175 e. The van der Waals surface area contributed by atoms with Crippen molar-refractivity contribution >= 4 is 15.9 Å². The fourth-order valence-electron chi connectivity index (χ4n) is 1.83. The molecule has 0 saturated heterocycles. The van der Waals surface area contributed by atoms with Gasteiger partial charge < -0.3 is 24.7 Å². The Morgan fingerprint density at radius 3 is 2.57 bits per heavy atom. The zero-order valence-electron chi connectivity index (χ0n) is 12.7. The summed E-state index contributed by atoms with van der Waals surface area (Å²) in [5.74, 6) is 1.39. The van der Waals surface area contributed by atoms with Gasteiger partial charge in [0.15, 0.2) is 11.5 Å². The first kappa shape index (κ1) is 18.2. The van der Waals surface area contributed by atoms with Gasteiger partial charge in [-0.15, -0.1) is 0 Å². The predicted molar refractivity (Wildman–Crippen MR) is 86.3 cm³/mol. The monoisotopic (exact) mass is 361 g/mol. The highest BCUT2D eigenvalue weighted by Crippen LogP contribution is 2.36. The third-order valence-electron chi connectivity index (χ3n) is 2.83. The summed E-state index contributed by atoms with van der Waals surface area (Å²) in [4.78, 5) is 0. The molecular weight excluding hydrogens is 338 g/mol. The van der Waals surface area contributed by atoms with Crippen molar-refractivity contribution in [1.29, 1.82) is 0 Å². The van der Waals surface area contributed by atoms with E-state index < -0.39 is 0 Å². The Morgan fingerprint density at radius 1 is 1.10 bits per heavy atom. The zero-order chi connectivity index (χ0) is 15.5. The summed E-state index contributed by atoms with van der Waals surface area (Å²) < 4.78 is 22.4. The molecule has 0 heterocycles. The number of benzene rings is 1. The summed E-state index contributed by atoms with van der Waals surface area (Å²) in [6.07, 6.45) is 1.69. The minimum atomic E-state index is 0.470. The third kappa shape index (κ3) is 6.65. The van der Waals surface area contributed by atoms with Gasteiger partial charge in [-0.1, -0.05) is 0 Å². The Labute approximate surface area is 134 Å². The molecule has 6 heteroatoms. The second-order valence-electron chi connectivity index (χ2n) is 4.45. The zero-order valence-corrected chi connectivity index (χ0v) is 14.3. The van der Waals surface area contributed by atoms with Crippen LogP contribution in [0.15, 0.2) is 16.6 Å². The SMILES string of the molecule is COCCCOCCOc1c(Br)cc(CCN)cc1OC. The molecule has 0 saturated carbocycles. The van der Waals surface area contributed by atoms with Crippen molar-refractivity contribution in [3.63, 3.8) is 0 Å². The lowest BCUT2D eigenvalue weighted by Gasteiger charge is -2.14. The lowest BCUT2D eigenvalue weighted by Crippen LogP contribution is -2.10. The standard InChI is InChI=1S/C15H24BrNO4/c1-18-6-3-7-20-8-9-21-15-13(16)10-12(4-5-17)11-14(15)19-2/h10-11H,3-9,17H2,1-2H3. The van der Waals surface area contributed by atoms with Crippen LogP contribution in [-0.4, -0.2) is 47.2 Å². The van der Waals surface area contributed by atoms with E-state index in [2.05, 4.69) is 15.9 Å². The molecule has 0 aliphatic carbocycles. The summed E-state index contributed by atoms with van der Waals surface area (Å²) >= 11 is 3.51. The fourth-order valence-corrected chi connectivity index (χ4v) is 2.44. The molecule has 0 aliphatic heterocycles. The summed E-state index contributed by atoms with van der Waals surface area (Å²) in [5.41, 5.74) is 6.69. The van der Waals surface area contributed by atoms with Gasteiger partial charge in [-0.05, 0) is 53.0 Å². The Hall–Kier alpha value is -0.820. The van der Waals surface area contributed by atoms with Crippen molar-refractivity contribution in [2.45, 2.75) is 12.8 Å². The number of hydrogen-bond acceptors (Lipinski definition) is 5. The van der Waals surface area contributed by atoms with Crippen LogP contribution in [0, 0.1) is 0 Å². The first-order valence-electron chi connectivity index (χ1n) is 6.98. The number of rotatable bonds is 11. The molecule has 120 valence electrons. The summed E-state index contributed by atoms with van der Waals surface area (Å²) in [7, 11) is 3.31. The van der Waals surface area contributed by atoms with Gasteiger partial charge in [0.25, 0.3) is 0 Å². The van der Waals surface area contributed by atoms with Crippen LogP contribution >= 0.6 is 15.9 Å². The number of hydrogen-bond donors (Lipinski definition) is 1. The topological polar surface area (TPSA) is 62.9 Å². The maximum absolute atomic E-state index is 5.74. The normalized spacial score (nSPS) is 10.7. The molecule has 1 aromatic rings. The lowest BCUT2D eigenvalue weighted by molar-refractivity contribution is 0.0797. The highest BCUT2D eigenvalue weighted by Gasteiger charge is 2.11. The Kier molecular flexibility index (Phi) is 9.41. The second kappa shape index (κ2) is 10.8. The van der Waals surface area contributed by atoms with Gasteiger partial charge >= 0.3 is 0 Å². The molecule has 0 unspecified atom stereocenters. The van der Waals surface area contributed by atoms with Crippen LogP contribution in [0.25, 0.3) is 0 Å². The molecule has 1 rings (SSSR count). The van der Waals surface area contributed by atoms with Gasteiger partial charge in [0, 0.05) is 20.3 Å². The molecule has 0 radical (unpaired) electrons. The van der Waals surface area contributed by atoms with Gasteiger partial charge in [-0.3, -0.25) is 0 Å². The van der Waals surface area contributed by atoms with Crippen molar-refractivity contribution < 1.29 is 18.9 Å². The largest absolute Gasteiger partial charge is 0.493 e. The number of nitrogens with two attached hydrogens (primary N) is 1. The van der Waals surface area contributed by atoms with Crippen molar-refractivity contribution in [3.05, 3.63) is 22.2 Å². The Balaban J connectivity index is 2.46. The first-order valence-corrected chi connectivity index (χ1v) is 7.78. The van der Waals surface area contributed by atoms with Crippen molar-refractivity contribution in [2.75, 3.05) is 47.2 Å². The number of halogens is 1. The van der Waals surface area contributed by atoms with Crippen LogP contribution in [-0.2, 0) is 15.9 Å². The molecule has 0 aliphatic rings. The highest BCUT2D eigenvalue weighted by molar-refractivity contribution is 9.10. The molecule has 0 bridgehead atoms. The minimum Gasteiger partial charge on any atom is -0.493 e. The average molecular weight is 362 g/mol. The van der Waals surface area contributed by atoms with Gasteiger partial charge in [0.05, 0.1) is 18.2 Å². The molecule has 0 aromatic heterocycles. The van der Waals surface area contributed by atoms with Gasteiger partial charge in [-0.25, -0.2) is 0 Å². The van der Waals surface area contributed by atoms with E-state index in [4.69, 9.17) is 24.7 Å². The molecule has 1 aromatic carbocycles. The van der Waals surface area contributed by atoms with E-state index in [0.717, 1.165) is 22.9 Å². The molecule has 0 spiro atoms. The van der Waals surface area contributed by atoms with Crippen molar-refractivity contribution in [2.24, 2.45) is 5.73 Å². The van der Waals surface area contributed by atoms with E-state index in [1.165, 1.54) is 0 Å². The van der Waals surface area contributed by atoms with Crippen molar-refractivity contribution in [3.8, 4) is 11.5 Å². The van der Waals surface area contributed by atoms with E-state index in [-0.39, 0.29) is 0 Å². The van der Waals surface area contributed by atoms with Crippen LogP contribution in [0.4, 0.5) is 0 Å². The Morgan fingerprint density at radius 2 is 1.90 bits per heavy atom. The first-order chi connectivity index (χ1) is 10.2. The quantitative estimate of drug-likeness (QED) is 0.613. The van der Waals surface area contributed by atoms with Crippen molar-refractivity contribution in [1.82, 2.24) is 0 Å². The summed E-state index contributed by atoms with van der Waals surface area (Å²) in [6, 6.07) is 3.95. The second-order valence-corrected chi connectivity index (χ2v) is 5.31. The Bertz CT molecular complexity index is 415.